The highest BCUT2D eigenvalue weighted by molar-refractivity contribution is 5.85. The lowest BCUT2D eigenvalue weighted by Gasteiger charge is -2.08. The molecule has 3 rings (SSSR count). The van der Waals surface area contributed by atoms with Crippen LogP contribution < -0.4 is 10.2 Å². The van der Waals surface area contributed by atoms with Gasteiger partial charge in [-0.15, -0.1) is 0 Å². The van der Waals surface area contributed by atoms with Crippen molar-refractivity contribution in [2.24, 2.45) is 0 Å². The number of benzene rings is 2. The summed E-state index contributed by atoms with van der Waals surface area (Å²) >= 11 is 0. The van der Waals surface area contributed by atoms with Crippen LogP contribution in [-0.4, -0.2) is 17.3 Å². The minimum Gasteiger partial charge on any atom is -0.508 e. The van der Waals surface area contributed by atoms with Gasteiger partial charge in [0.25, 0.3) is 0 Å². The van der Waals surface area contributed by atoms with Gasteiger partial charge in [0, 0.05) is 12.5 Å². The highest BCUT2D eigenvalue weighted by Crippen LogP contribution is 2.32. The fraction of sp³-hybridized carbons (Fsp3) is 0.167. The maximum absolute atomic E-state index is 12.2. The molecule has 118 valence electrons. The van der Waals surface area contributed by atoms with E-state index in [1.54, 1.807) is 24.3 Å². The molecule has 0 atom stereocenters. The fourth-order valence-electron chi connectivity index (χ4n) is 2.53. The highest BCUT2D eigenvalue weighted by atomic mass is 16.5. The van der Waals surface area contributed by atoms with Gasteiger partial charge in [0.1, 0.15) is 22.5 Å². The lowest BCUT2D eigenvalue weighted by molar-refractivity contribution is 0.375. The van der Waals surface area contributed by atoms with Crippen molar-refractivity contribution in [2.75, 3.05) is 7.11 Å². The quantitative estimate of drug-likeness (QED) is 0.774. The summed E-state index contributed by atoms with van der Waals surface area (Å²) in [5.74, 6) is 0.728. The molecule has 3 aromatic rings. The topological polar surface area (TPSA) is 79.9 Å². The molecule has 2 N–H and O–H groups in total. The maximum atomic E-state index is 12.2. The molecule has 0 aliphatic rings. The van der Waals surface area contributed by atoms with Gasteiger partial charge in [0.2, 0.25) is 0 Å². The molecule has 0 aliphatic heterocycles. The van der Waals surface area contributed by atoms with Gasteiger partial charge in [-0.1, -0.05) is 18.2 Å². The predicted molar refractivity (Wildman–Crippen MR) is 86.2 cm³/mol. The Labute approximate surface area is 132 Å². The van der Waals surface area contributed by atoms with Crippen molar-refractivity contribution in [1.29, 1.82) is 0 Å². The standard InChI is InChI=1S/C18H16O5/c1-22-16-9-8-15-17(18(16)21)14(20)10-12(23-15)7-6-11-4-2-3-5-13(11)19/h2-5,8-10,19,21H,6-7H2,1H3. The normalized spacial score (nSPS) is 10.8. The number of phenols is 2. The summed E-state index contributed by atoms with van der Waals surface area (Å²) < 4.78 is 10.7. The Bertz CT molecular complexity index is 911. The van der Waals surface area contributed by atoms with Crippen molar-refractivity contribution in [1.82, 2.24) is 0 Å². The van der Waals surface area contributed by atoms with E-state index >= 15 is 0 Å². The van der Waals surface area contributed by atoms with Crippen molar-refractivity contribution >= 4 is 11.0 Å². The number of rotatable bonds is 4. The smallest absolute Gasteiger partial charge is 0.196 e. The Kier molecular flexibility index (Phi) is 3.93. The van der Waals surface area contributed by atoms with Crippen LogP contribution in [0.15, 0.2) is 51.7 Å². The van der Waals surface area contributed by atoms with Gasteiger partial charge in [-0.2, -0.15) is 0 Å². The van der Waals surface area contributed by atoms with E-state index in [1.165, 1.54) is 13.2 Å². The summed E-state index contributed by atoms with van der Waals surface area (Å²) in [7, 11) is 1.42. The van der Waals surface area contributed by atoms with Crippen LogP contribution in [0.5, 0.6) is 17.2 Å². The molecule has 5 heteroatoms. The van der Waals surface area contributed by atoms with Crippen LogP contribution in [0.4, 0.5) is 0 Å². The van der Waals surface area contributed by atoms with Gasteiger partial charge in [0.15, 0.2) is 16.9 Å². The molecule has 0 saturated heterocycles. The zero-order valence-corrected chi connectivity index (χ0v) is 12.6. The first-order valence-electron chi connectivity index (χ1n) is 7.19. The van der Waals surface area contributed by atoms with Crippen LogP contribution in [0.1, 0.15) is 11.3 Å². The van der Waals surface area contributed by atoms with Crippen LogP contribution in [0.2, 0.25) is 0 Å². The third kappa shape index (κ3) is 2.85. The van der Waals surface area contributed by atoms with E-state index in [1.807, 2.05) is 12.1 Å². The van der Waals surface area contributed by atoms with Crippen molar-refractivity contribution in [3.63, 3.8) is 0 Å². The molecular formula is C18H16O5. The number of phenolic OH excluding ortho intramolecular Hbond substituents is 2. The average molecular weight is 312 g/mol. The van der Waals surface area contributed by atoms with E-state index in [9.17, 15) is 15.0 Å². The summed E-state index contributed by atoms with van der Waals surface area (Å²) in [5, 5.41) is 19.9. The van der Waals surface area contributed by atoms with Crippen molar-refractivity contribution in [3.05, 3.63) is 64.0 Å². The molecule has 0 unspecified atom stereocenters. The second kappa shape index (κ2) is 6.04. The number of aryl methyl sites for hydroxylation is 2. The van der Waals surface area contributed by atoms with E-state index in [0.29, 0.717) is 24.2 Å². The van der Waals surface area contributed by atoms with Crippen LogP contribution in [0.25, 0.3) is 11.0 Å². The number of para-hydroxylation sites is 1. The number of hydrogen-bond donors (Lipinski definition) is 2. The zero-order valence-electron chi connectivity index (χ0n) is 12.6. The van der Waals surface area contributed by atoms with Crippen LogP contribution in [-0.2, 0) is 12.8 Å². The summed E-state index contributed by atoms with van der Waals surface area (Å²) in [6.07, 6.45) is 1.01. The van der Waals surface area contributed by atoms with Crippen molar-refractivity contribution in [2.45, 2.75) is 12.8 Å². The fourth-order valence-corrected chi connectivity index (χ4v) is 2.53. The highest BCUT2D eigenvalue weighted by Gasteiger charge is 2.13. The molecular weight excluding hydrogens is 296 g/mol. The number of ether oxygens (including phenoxy) is 1. The number of aromatic hydroxyl groups is 2. The first-order chi connectivity index (χ1) is 11.1. The third-order valence-electron chi connectivity index (χ3n) is 3.73. The minimum atomic E-state index is -0.324. The van der Waals surface area contributed by atoms with E-state index in [-0.39, 0.29) is 28.1 Å². The predicted octanol–water partition coefficient (Wildman–Crippen LogP) is 3.00. The SMILES string of the molecule is COc1ccc2oc(CCc3ccccc3O)cc(=O)c2c1O. The van der Waals surface area contributed by atoms with E-state index in [4.69, 9.17) is 9.15 Å². The van der Waals surface area contributed by atoms with Crippen LogP contribution in [0.3, 0.4) is 0 Å². The summed E-state index contributed by atoms with van der Waals surface area (Å²) in [4.78, 5) is 12.2. The number of methoxy groups -OCH3 is 1. The Morgan fingerprint density at radius 1 is 1.09 bits per heavy atom. The molecule has 2 aromatic carbocycles. The lowest BCUT2D eigenvalue weighted by atomic mass is 10.1. The van der Waals surface area contributed by atoms with Gasteiger partial charge in [-0.3, -0.25) is 4.79 Å². The summed E-state index contributed by atoms with van der Waals surface area (Å²) in [6, 6.07) is 11.6. The monoisotopic (exact) mass is 312 g/mol. The number of hydrogen-bond acceptors (Lipinski definition) is 5. The second-order valence-corrected chi connectivity index (χ2v) is 5.20. The van der Waals surface area contributed by atoms with E-state index in [0.717, 1.165) is 5.56 Å². The molecule has 0 saturated carbocycles. The Morgan fingerprint density at radius 2 is 1.87 bits per heavy atom. The van der Waals surface area contributed by atoms with Gasteiger partial charge in [-0.25, -0.2) is 0 Å². The molecule has 0 bridgehead atoms. The molecule has 0 aliphatic carbocycles. The van der Waals surface area contributed by atoms with E-state index < -0.39 is 0 Å². The zero-order chi connectivity index (χ0) is 16.4. The van der Waals surface area contributed by atoms with Crippen LogP contribution in [0, 0.1) is 0 Å². The number of fused-ring (bicyclic) bond motifs is 1. The van der Waals surface area contributed by atoms with Gasteiger partial charge < -0.3 is 19.4 Å². The first kappa shape index (κ1) is 15.0. The van der Waals surface area contributed by atoms with Gasteiger partial charge >= 0.3 is 0 Å². The Hall–Kier alpha value is -2.95. The molecule has 1 heterocycles. The molecule has 5 nitrogen and oxygen atoms in total. The third-order valence-corrected chi connectivity index (χ3v) is 3.73. The minimum absolute atomic E-state index is 0.107. The Morgan fingerprint density at radius 3 is 2.61 bits per heavy atom. The molecule has 0 spiro atoms. The largest absolute Gasteiger partial charge is 0.508 e. The molecule has 0 fully saturated rings. The van der Waals surface area contributed by atoms with E-state index in [2.05, 4.69) is 0 Å². The first-order valence-corrected chi connectivity index (χ1v) is 7.19. The molecule has 23 heavy (non-hydrogen) atoms. The van der Waals surface area contributed by atoms with Crippen LogP contribution >= 0.6 is 0 Å². The summed E-state index contributed by atoms with van der Waals surface area (Å²) in [5.41, 5.74) is 0.769. The van der Waals surface area contributed by atoms with Crippen molar-refractivity contribution < 1.29 is 19.4 Å². The summed E-state index contributed by atoms with van der Waals surface area (Å²) in [6.45, 7) is 0. The van der Waals surface area contributed by atoms with Gasteiger partial charge in [-0.05, 0) is 30.2 Å². The molecule has 1 aromatic heterocycles. The average Bonchev–Trinajstić information content (AvgIpc) is 2.54. The van der Waals surface area contributed by atoms with Gasteiger partial charge in [0.05, 0.1) is 7.11 Å². The molecule has 0 radical (unpaired) electrons. The maximum Gasteiger partial charge on any atom is 0.196 e. The Balaban J connectivity index is 1.94. The molecule has 0 amide bonds. The second-order valence-electron chi connectivity index (χ2n) is 5.20. The van der Waals surface area contributed by atoms with Crippen molar-refractivity contribution in [3.8, 4) is 17.2 Å². The lowest BCUT2D eigenvalue weighted by Crippen LogP contribution is -2.04.